The third-order valence-electron chi connectivity index (χ3n) is 7.35. The van der Waals surface area contributed by atoms with Crippen LogP contribution in [0.4, 0.5) is 4.39 Å². The number of halogens is 2. The predicted octanol–water partition coefficient (Wildman–Crippen LogP) is 6.73. The van der Waals surface area contributed by atoms with Crippen LogP contribution in [-0.2, 0) is 6.54 Å². The lowest BCUT2D eigenvalue weighted by molar-refractivity contribution is 0.0627. The molecule has 1 aliphatic heterocycles. The molecule has 1 fully saturated rings. The van der Waals surface area contributed by atoms with Crippen molar-refractivity contribution in [1.29, 1.82) is 0 Å². The van der Waals surface area contributed by atoms with E-state index in [9.17, 15) is 9.18 Å². The minimum atomic E-state index is -0.341. The van der Waals surface area contributed by atoms with Crippen molar-refractivity contribution in [2.45, 2.75) is 13.5 Å². The van der Waals surface area contributed by atoms with Crippen molar-refractivity contribution >= 4 is 23.2 Å². The van der Waals surface area contributed by atoms with Crippen LogP contribution in [0.2, 0.25) is 5.02 Å². The Morgan fingerprint density at radius 2 is 1.56 bits per heavy atom. The highest BCUT2D eigenvalue weighted by molar-refractivity contribution is 6.33. The SMILES string of the molecule is Cc1ccc(-c2nc3ccc(-c4ccccc4Cl)cn3c2CN2CCN(C(=O)c3ccc(F)cc3)CC2)cc1. The van der Waals surface area contributed by atoms with Crippen LogP contribution < -0.4 is 0 Å². The number of amides is 1. The van der Waals surface area contributed by atoms with Crippen molar-refractivity contribution in [3.8, 4) is 22.4 Å². The van der Waals surface area contributed by atoms with Gasteiger partial charge in [-0.1, -0.05) is 59.6 Å². The fraction of sp³-hybridized carbons (Fsp3) is 0.188. The molecule has 1 saturated heterocycles. The standard InChI is InChI=1S/C32H28ClFN4O/c1-22-6-8-23(9-7-22)31-29(38-20-25(12-15-30(38)35-31)27-4-2-3-5-28(27)33)21-36-16-18-37(19-17-36)32(39)24-10-13-26(34)14-11-24/h2-15,20H,16-19,21H2,1H3. The average molecular weight is 539 g/mol. The number of nitrogens with zero attached hydrogens (tertiary/aromatic N) is 4. The van der Waals surface area contributed by atoms with E-state index in [4.69, 9.17) is 16.6 Å². The molecule has 1 aliphatic rings. The van der Waals surface area contributed by atoms with Crippen molar-refractivity contribution in [3.63, 3.8) is 0 Å². The van der Waals surface area contributed by atoms with E-state index in [1.807, 2.05) is 35.2 Å². The zero-order valence-electron chi connectivity index (χ0n) is 21.6. The number of aryl methyl sites for hydroxylation is 1. The quantitative estimate of drug-likeness (QED) is 0.249. The summed E-state index contributed by atoms with van der Waals surface area (Å²) in [5.74, 6) is -0.402. The maximum absolute atomic E-state index is 13.3. The van der Waals surface area contributed by atoms with E-state index in [0.717, 1.165) is 46.8 Å². The number of aromatic nitrogens is 2. The van der Waals surface area contributed by atoms with E-state index in [1.54, 1.807) is 12.1 Å². The fourth-order valence-corrected chi connectivity index (χ4v) is 5.38. The fourth-order valence-electron chi connectivity index (χ4n) is 5.14. The van der Waals surface area contributed by atoms with Crippen molar-refractivity contribution in [1.82, 2.24) is 19.2 Å². The first-order valence-electron chi connectivity index (χ1n) is 13.1. The first kappa shape index (κ1) is 25.3. The number of pyridine rings is 1. The van der Waals surface area contributed by atoms with E-state index in [1.165, 1.54) is 17.7 Å². The Kier molecular flexibility index (Phi) is 6.90. The summed E-state index contributed by atoms with van der Waals surface area (Å²) in [6, 6.07) is 26.2. The summed E-state index contributed by atoms with van der Waals surface area (Å²) in [6.45, 7) is 5.46. The highest BCUT2D eigenvalue weighted by atomic mass is 35.5. The third kappa shape index (κ3) is 5.18. The molecule has 196 valence electrons. The Balaban J connectivity index is 1.30. The minimum absolute atomic E-state index is 0.0609. The lowest BCUT2D eigenvalue weighted by atomic mass is 10.1. The molecule has 6 rings (SSSR count). The second kappa shape index (κ2) is 10.6. The van der Waals surface area contributed by atoms with Crippen LogP contribution in [0.5, 0.6) is 0 Å². The van der Waals surface area contributed by atoms with Gasteiger partial charge in [0.05, 0.1) is 11.4 Å². The molecule has 0 saturated carbocycles. The Hall–Kier alpha value is -4.00. The maximum Gasteiger partial charge on any atom is 0.253 e. The summed E-state index contributed by atoms with van der Waals surface area (Å²) in [5.41, 5.74) is 7.72. The number of hydrogen-bond acceptors (Lipinski definition) is 3. The number of piperazine rings is 1. The van der Waals surface area contributed by atoms with Gasteiger partial charge in [-0.05, 0) is 55.0 Å². The number of hydrogen-bond donors (Lipinski definition) is 0. The maximum atomic E-state index is 13.3. The van der Waals surface area contributed by atoms with Crippen LogP contribution >= 0.6 is 11.6 Å². The van der Waals surface area contributed by atoms with E-state index < -0.39 is 0 Å². The van der Waals surface area contributed by atoms with Gasteiger partial charge in [0.25, 0.3) is 5.91 Å². The molecule has 0 bridgehead atoms. The molecule has 5 nitrogen and oxygen atoms in total. The highest BCUT2D eigenvalue weighted by Crippen LogP contribution is 2.31. The van der Waals surface area contributed by atoms with Crippen LogP contribution in [0.3, 0.4) is 0 Å². The van der Waals surface area contributed by atoms with Gasteiger partial charge < -0.3 is 9.30 Å². The summed E-state index contributed by atoms with van der Waals surface area (Å²) in [5, 5.41) is 0.708. The van der Waals surface area contributed by atoms with Crippen LogP contribution in [0.1, 0.15) is 21.6 Å². The summed E-state index contributed by atoms with van der Waals surface area (Å²) in [4.78, 5) is 22.2. The van der Waals surface area contributed by atoms with Gasteiger partial charge in [-0.2, -0.15) is 0 Å². The number of benzene rings is 3. The van der Waals surface area contributed by atoms with Gasteiger partial charge in [-0.15, -0.1) is 0 Å². The average Bonchev–Trinajstić information content (AvgIpc) is 3.31. The smallest absolute Gasteiger partial charge is 0.253 e. The lowest BCUT2D eigenvalue weighted by Crippen LogP contribution is -2.48. The predicted molar refractivity (Wildman–Crippen MR) is 153 cm³/mol. The van der Waals surface area contributed by atoms with Gasteiger partial charge in [0, 0.05) is 60.6 Å². The van der Waals surface area contributed by atoms with E-state index in [-0.39, 0.29) is 11.7 Å². The minimum Gasteiger partial charge on any atom is -0.336 e. The van der Waals surface area contributed by atoms with Gasteiger partial charge in [0.1, 0.15) is 11.5 Å². The first-order valence-corrected chi connectivity index (χ1v) is 13.4. The molecule has 0 radical (unpaired) electrons. The van der Waals surface area contributed by atoms with E-state index in [2.05, 4.69) is 52.8 Å². The molecular formula is C32H28ClFN4O. The monoisotopic (exact) mass is 538 g/mol. The van der Waals surface area contributed by atoms with Crippen molar-refractivity contribution in [2.24, 2.45) is 0 Å². The summed E-state index contributed by atoms with van der Waals surface area (Å²) >= 11 is 6.53. The second-order valence-corrected chi connectivity index (χ2v) is 10.4. The number of carbonyl (C=O) groups excluding carboxylic acids is 1. The van der Waals surface area contributed by atoms with Gasteiger partial charge in [-0.25, -0.2) is 9.37 Å². The molecule has 0 spiro atoms. The molecule has 1 amide bonds. The Morgan fingerprint density at radius 1 is 0.872 bits per heavy atom. The summed E-state index contributed by atoms with van der Waals surface area (Å²) < 4.78 is 15.5. The molecule has 5 aromatic rings. The molecule has 7 heteroatoms. The molecule has 0 atom stereocenters. The number of rotatable bonds is 5. The largest absolute Gasteiger partial charge is 0.336 e. The topological polar surface area (TPSA) is 40.9 Å². The van der Waals surface area contributed by atoms with E-state index >= 15 is 0 Å². The molecular weight excluding hydrogens is 511 g/mol. The highest BCUT2D eigenvalue weighted by Gasteiger charge is 2.25. The van der Waals surface area contributed by atoms with Crippen LogP contribution in [0.25, 0.3) is 28.0 Å². The summed E-state index contributed by atoms with van der Waals surface area (Å²) in [6.07, 6.45) is 2.12. The normalized spacial score (nSPS) is 14.2. The summed E-state index contributed by atoms with van der Waals surface area (Å²) in [7, 11) is 0. The van der Waals surface area contributed by atoms with Crippen LogP contribution in [0, 0.1) is 12.7 Å². The molecule has 0 aliphatic carbocycles. The zero-order chi connectivity index (χ0) is 26.9. The van der Waals surface area contributed by atoms with Crippen LogP contribution in [0.15, 0.2) is 91.1 Å². The Morgan fingerprint density at radius 3 is 2.28 bits per heavy atom. The lowest BCUT2D eigenvalue weighted by Gasteiger charge is -2.34. The molecule has 39 heavy (non-hydrogen) atoms. The molecule has 3 aromatic carbocycles. The van der Waals surface area contributed by atoms with Crippen molar-refractivity contribution < 1.29 is 9.18 Å². The number of fused-ring (bicyclic) bond motifs is 1. The third-order valence-corrected chi connectivity index (χ3v) is 7.68. The van der Waals surface area contributed by atoms with Gasteiger partial charge in [0.2, 0.25) is 0 Å². The van der Waals surface area contributed by atoms with Gasteiger partial charge in [0.15, 0.2) is 0 Å². The zero-order valence-corrected chi connectivity index (χ0v) is 22.4. The van der Waals surface area contributed by atoms with Crippen molar-refractivity contribution in [2.75, 3.05) is 26.2 Å². The van der Waals surface area contributed by atoms with Crippen molar-refractivity contribution in [3.05, 3.63) is 119 Å². The van der Waals surface area contributed by atoms with E-state index in [0.29, 0.717) is 30.2 Å². The molecule has 0 N–H and O–H groups in total. The molecule has 3 heterocycles. The van der Waals surface area contributed by atoms with Crippen LogP contribution in [-0.4, -0.2) is 51.3 Å². The Labute approximate surface area is 232 Å². The number of imidazole rings is 1. The number of carbonyl (C=O) groups is 1. The molecule has 2 aromatic heterocycles. The Bertz CT molecular complexity index is 1640. The first-order chi connectivity index (χ1) is 19.0. The van der Waals surface area contributed by atoms with Gasteiger partial charge in [-0.3, -0.25) is 9.69 Å². The van der Waals surface area contributed by atoms with Gasteiger partial charge >= 0.3 is 0 Å². The second-order valence-electron chi connectivity index (χ2n) is 9.97. The molecule has 0 unspecified atom stereocenters.